The zero-order valence-corrected chi connectivity index (χ0v) is 11.5. The van der Waals surface area contributed by atoms with Crippen LogP contribution < -0.4 is 10.9 Å². The van der Waals surface area contributed by atoms with Crippen molar-refractivity contribution in [3.8, 4) is 11.3 Å². The molecule has 0 atom stereocenters. The highest BCUT2D eigenvalue weighted by atomic mass is 19.1. The van der Waals surface area contributed by atoms with E-state index in [9.17, 15) is 14.0 Å². The Kier molecular flexibility index (Phi) is 4.84. The molecule has 2 aromatic rings. The Balaban J connectivity index is 2.19. The molecule has 1 amide bonds. The van der Waals surface area contributed by atoms with Gasteiger partial charge in [0.25, 0.3) is 11.5 Å². The van der Waals surface area contributed by atoms with Crippen molar-refractivity contribution >= 4 is 5.91 Å². The fourth-order valence-electron chi connectivity index (χ4n) is 1.81. The molecule has 5 nitrogen and oxygen atoms in total. The summed E-state index contributed by atoms with van der Waals surface area (Å²) in [6, 6.07) is 8.77. The van der Waals surface area contributed by atoms with Gasteiger partial charge in [-0.1, -0.05) is 0 Å². The second-order valence-corrected chi connectivity index (χ2v) is 4.37. The van der Waals surface area contributed by atoms with Gasteiger partial charge >= 0.3 is 0 Å². The molecule has 0 spiro atoms. The minimum absolute atomic E-state index is 0.0250. The Bertz CT molecular complexity index is 680. The summed E-state index contributed by atoms with van der Waals surface area (Å²) in [5.41, 5.74) is 0.719. The van der Waals surface area contributed by atoms with Gasteiger partial charge in [0.2, 0.25) is 0 Å². The highest BCUT2D eigenvalue weighted by molar-refractivity contribution is 5.94. The van der Waals surface area contributed by atoms with Crippen LogP contribution in [0, 0.1) is 5.82 Å². The van der Waals surface area contributed by atoms with Crippen LogP contribution in [0.25, 0.3) is 11.3 Å². The SMILES string of the molecule is COCCNC(=O)c1ccc(-c2ccc(F)cc2)[nH]c1=O. The van der Waals surface area contributed by atoms with Gasteiger partial charge in [0.15, 0.2) is 0 Å². The Morgan fingerprint density at radius 3 is 2.57 bits per heavy atom. The van der Waals surface area contributed by atoms with Gasteiger partial charge in [-0.3, -0.25) is 9.59 Å². The van der Waals surface area contributed by atoms with Gasteiger partial charge in [0.1, 0.15) is 11.4 Å². The Morgan fingerprint density at radius 1 is 1.24 bits per heavy atom. The number of ether oxygens (including phenoxy) is 1. The number of H-pyrrole nitrogens is 1. The lowest BCUT2D eigenvalue weighted by Gasteiger charge is -2.06. The Labute approximate surface area is 120 Å². The predicted molar refractivity (Wildman–Crippen MR) is 76.7 cm³/mol. The molecule has 0 saturated heterocycles. The average molecular weight is 290 g/mol. The molecule has 1 aromatic heterocycles. The number of nitrogens with one attached hydrogen (secondary N) is 2. The summed E-state index contributed by atoms with van der Waals surface area (Å²) in [6.07, 6.45) is 0. The van der Waals surface area contributed by atoms with Crippen LogP contribution in [0.2, 0.25) is 0 Å². The third kappa shape index (κ3) is 3.76. The summed E-state index contributed by atoms with van der Waals surface area (Å²) in [5, 5.41) is 2.57. The summed E-state index contributed by atoms with van der Waals surface area (Å²) in [4.78, 5) is 26.3. The number of carbonyl (C=O) groups excluding carboxylic acids is 1. The fraction of sp³-hybridized carbons (Fsp3) is 0.200. The van der Waals surface area contributed by atoms with Crippen LogP contribution in [0.1, 0.15) is 10.4 Å². The molecule has 0 radical (unpaired) electrons. The molecule has 110 valence electrons. The summed E-state index contributed by atoms with van der Waals surface area (Å²) in [6.45, 7) is 0.700. The van der Waals surface area contributed by atoms with E-state index < -0.39 is 11.5 Å². The largest absolute Gasteiger partial charge is 0.383 e. The molecule has 21 heavy (non-hydrogen) atoms. The second kappa shape index (κ2) is 6.81. The molecule has 0 saturated carbocycles. The minimum atomic E-state index is -0.494. The monoisotopic (exact) mass is 290 g/mol. The second-order valence-electron chi connectivity index (χ2n) is 4.37. The zero-order valence-electron chi connectivity index (χ0n) is 11.5. The number of amides is 1. The molecule has 0 fully saturated rings. The number of benzene rings is 1. The van der Waals surface area contributed by atoms with E-state index in [1.807, 2.05) is 0 Å². The van der Waals surface area contributed by atoms with E-state index in [4.69, 9.17) is 4.74 Å². The van der Waals surface area contributed by atoms with Gasteiger partial charge in [0.05, 0.1) is 6.61 Å². The maximum Gasteiger partial charge on any atom is 0.261 e. The minimum Gasteiger partial charge on any atom is -0.383 e. The van der Waals surface area contributed by atoms with E-state index >= 15 is 0 Å². The van der Waals surface area contributed by atoms with Crippen molar-refractivity contribution < 1.29 is 13.9 Å². The molecular weight excluding hydrogens is 275 g/mol. The van der Waals surface area contributed by atoms with Crippen molar-refractivity contribution in [2.24, 2.45) is 0 Å². The van der Waals surface area contributed by atoms with Crippen molar-refractivity contribution in [1.29, 1.82) is 0 Å². The normalized spacial score (nSPS) is 10.4. The fourth-order valence-corrected chi connectivity index (χ4v) is 1.81. The summed E-state index contributed by atoms with van der Waals surface area (Å²) in [5.74, 6) is -0.811. The smallest absolute Gasteiger partial charge is 0.261 e. The number of pyridine rings is 1. The van der Waals surface area contributed by atoms with Crippen LogP contribution in [0.15, 0.2) is 41.2 Å². The highest BCUT2D eigenvalue weighted by Gasteiger charge is 2.10. The van der Waals surface area contributed by atoms with E-state index in [0.717, 1.165) is 0 Å². The summed E-state index contributed by atoms with van der Waals surface area (Å²) in [7, 11) is 1.52. The van der Waals surface area contributed by atoms with E-state index in [1.165, 1.54) is 25.3 Å². The van der Waals surface area contributed by atoms with Crippen molar-refractivity contribution in [2.45, 2.75) is 0 Å². The van der Waals surface area contributed by atoms with Gasteiger partial charge < -0.3 is 15.0 Å². The van der Waals surface area contributed by atoms with E-state index in [2.05, 4.69) is 10.3 Å². The van der Waals surface area contributed by atoms with Crippen LogP contribution in [0.3, 0.4) is 0 Å². The number of methoxy groups -OCH3 is 1. The van der Waals surface area contributed by atoms with Crippen molar-refractivity contribution in [3.63, 3.8) is 0 Å². The Hall–Kier alpha value is -2.47. The lowest BCUT2D eigenvalue weighted by Crippen LogP contribution is -2.31. The highest BCUT2D eigenvalue weighted by Crippen LogP contribution is 2.15. The molecule has 0 bridgehead atoms. The van der Waals surface area contributed by atoms with Gasteiger partial charge in [-0.05, 0) is 42.0 Å². The molecule has 6 heteroatoms. The van der Waals surface area contributed by atoms with Crippen molar-refractivity contribution in [1.82, 2.24) is 10.3 Å². The topological polar surface area (TPSA) is 71.2 Å². The van der Waals surface area contributed by atoms with Crippen LogP contribution in [-0.2, 0) is 4.74 Å². The molecule has 2 N–H and O–H groups in total. The number of carbonyl (C=O) groups is 1. The first-order valence-corrected chi connectivity index (χ1v) is 6.38. The van der Waals surface area contributed by atoms with Gasteiger partial charge in [-0.25, -0.2) is 4.39 Å². The number of aromatic nitrogens is 1. The molecule has 0 unspecified atom stereocenters. The molecule has 1 heterocycles. The lowest BCUT2D eigenvalue weighted by molar-refractivity contribution is 0.0935. The van der Waals surface area contributed by atoms with Gasteiger partial charge in [0, 0.05) is 19.3 Å². The zero-order chi connectivity index (χ0) is 15.2. The molecule has 0 aliphatic rings. The van der Waals surface area contributed by atoms with Gasteiger partial charge in [-0.15, -0.1) is 0 Å². The van der Waals surface area contributed by atoms with Crippen molar-refractivity contribution in [3.05, 3.63) is 58.1 Å². The Morgan fingerprint density at radius 2 is 1.95 bits per heavy atom. The predicted octanol–water partition coefficient (Wildman–Crippen LogP) is 1.56. The first kappa shape index (κ1) is 14.9. The van der Waals surface area contributed by atoms with Crippen LogP contribution >= 0.6 is 0 Å². The maximum absolute atomic E-state index is 12.9. The summed E-state index contributed by atoms with van der Waals surface area (Å²) < 4.78 is 17.7. The van der Waals surface area contributed by atoms with E-state index in [0.29, 0.717) is 24.4 Å². The summed E-state index contributed by atoms with van der Waals surface area (Å²) >= 11 is 0. The third-order valence-corrected chi connectivity index (χ3v) is 2.90. The molecule has 1 aromatic carbocycles. The van der Waals surface area contributed by atoms with Crippen LogP contribution in [0.4, 0.5) is 4.39 Å². The van der Waals surface area contributed by atoms with Crippen molar-refractivity contribution in [2.75, 3.05) is 20.3 Å². The molecule has 0 aliphatic heterocycles. The van der Waals surface area contributed by atoms with Crippen LogP contribution in [0.5, 0.6) is 0 Å². The van der Waals surface area contributed by atoms with Gasteiger partial charge in [-0.2, -0.15) is 0 Å². The molecular formula is C15H15FN2O3. The maximum atomic E-state index is 12.9. The third-order valence-electron chi connectivity index (χ3n) is 2.90. The molecule has 0 aliphatic carbocycles. The molecule has 2 rings (SSSR count). The average Bonchev–Trinajstić information content (AvgIpc) is 2.48. The number of rotatable bonds is 5. The number of aromatic amines is 1. The first-order chi connectivity index (χ1) is 10.1. The quantitative estimate of drug-likeness (QED) is 0.821. The lowest BCUT2D eigenvalue weighted by atomic mass is 10.1. The van der Waals surface area contributed by atoms with E-state index in [1.54, 1.807) is 18.2 Å². The standard InChI is InChI=1S/C15H15FN2O3/c1-21-9-8-17-14(19)12-6-7-13(18-15(12)20)10-2-4-11(16)5-3-10/h2-7H,8-9H2,1H3,(H,17,19)(H,18,20). The van der Waals surface area contributed by atoms with Crippen LogP contribution in [-0.4, -0.2) is 31.2 Å². The first-order valence-electron chi connectivity index (χ1n) is 6.38. The van der Waals surface area contributed by atoms with E-state index in [-0.39, 0.29) is 11.4 Å². The number of halogens is 1. The number of hydrogen-bond donors (Lipinski definition) is 2. The number of hydrogen-bond acceptors (Lipinski definition) is 3.